The summed E-state index contributed by atoms with van der Waals surface area (Å²) >= 11 is 0. The van der Waals surface area contributed by atoms with E-state index in [2.05, 4.69) is 19.2 Å². The van der Waals surface area contributed by atoms with Crippen LogP contribution < -0.4 is 10.1 Å². The first-order valence-corrected chi connectivity index (χ1v) is 8.60. The Kier molecular flexibility index (Phi) is 6.78. The number of amides is 1. The van der Waals surface area contributed by atoms with Crippen molar-refractivity contribution < 1.29 is 19.1 Å². The Balaban J connectivity index is 1.80. The molecule has 0 heterocycles. The summed E-state index contributed by atoms with van der Waals surface area (Å²) in [6.45, 7) is 7.43. The minimum Gasteiger partial charge on any atom is -0.482 e. The molecule has 138 valence electrons. The van der Waals surface area contributed by atoms with Crippen LogP contribution in [-0.4, -0.2) is 25.1 Å². The van der Waals surface area contributed by atoms with Crippen LogP contribution in [0, 0.1) is 13.8 Å². The molecule has 1 N–H and O–H groups in total. The Hall–Kier alpha value is -2.82. The van der Waals surface area contributed by atoms with Gasteiger partial charge in [0.05, 0.1) is 0 Å². The number of carbonyl (C=O) groups excluding carboxylic acids is 2. The van der Waals surface area contributed by atoms with Gasteiger partial charge in [-0.05, 0) is 54.7 Å². The largest absolute Gasteiger partial charge is 0.482 e. The molecule has 5 heteroatoms. The lowest BCUT2D eigenvalue weighted by atomic mass is 10.0. The number of nitrogens with one attached hydrogen (secondary N) is 1. The van der Waals surface area contributed by atoms with Gasteiger partial charge in [0.15, 0.2) is 13.2 Å². The molecular weight excluding hydrogens is 330 g/mol. The zero-order valence-electron chi connectivity index (χ0n) is 15.7. The Morgan fingerprint density at radius 2 is 1.65 bits per heavy atom. The summed E-state index contributed by atoms with van der Waals surface area (Å²) in [6, 6.07) is 13.3. The number of esters is 1. The van der Waals surface area contributed by atoms with Gasteiger partial charge in [-0.3, -0.25) is 4.79 Å². The van der Waals surface area contributed by atoms with Crippen LogP contribution >= 0.6 is 0 Å². The minimum absolute atomic E-state index is 0.236. The molecule has 0 spiro atoms. The van der Waals surface area contributed by atoms with Crippen molar-refractivity contribution in [2.75, 3.05) is 18.5 Å². The van der Waals surface area contributed by atoms with Crippen LogP contribution in [-0.2, 0) is 14.3 Å². The molecule has 5 nitrogen and oxygen atoms in total. The predicted octanol–water partition coefficient (Wildman–Crippen LogP) is 3.99. The Labute approximate surface area is 154 Å². The molecule has 0 saturated carbocycles. The summed E-state index contributed by atoms with van der Waals surface area (Å²) < 4.78 is 10.5. The maximum atomic E-state index is 11.9. The van der Waals surface area contributed by atoms with Crippen molar-refractivity contribution in [3.8, 4) is 5.75 Å². The highest BCUT2D eigenvalue weighted by molar-refractivity contribution is 5.93. The number of aryl methyl sites for hydroxylation is 2. The third-order valence-corrected chi connectivity index (χ3v) is 3.76. The third-order valence-electron chi connectivity index (χ3n) is 3.76. The van der Waals surface area contributed by atoms with Crippen molar-refractivity contribution in [2.45, 2.75) is 33.6 Å². The number of benzene rings is 2. The number of anilines is 1. The molecule has 0 radical (unpaired) electrons. The van der Waals surface area contributed by atoms with Crippen molar-refractivity contribution in [1.82, 2.24) is 0 Å². The number of para-hydroxylation sites is 1. The second-order valence-electron chi connectivity index (χ2n) is 6.57. The van der Waals surface area contributed by atoms with Gasteiger partial charge < -0.3 is 14.8 Å². The maximum Gasteiger partial charge on any atom is 0.344 e. The van der Waals surface area contributed by atoms with Crippen LogP contribution in [0.4, 0.5) is 5.69 Å². The van der Waals surface area contributed by atoms with E-state index in [1.165, 1.54) is 0 Å². The molecule has 0 aliphatic carbocycles. The van der Waals surface area contributed by atoms with Gasteiger partial charge in [-0.15, -0.1) is 0 Å². The number of hydrogen-bond acceptors (Lipinski definition) is 4. The Morgan fingerprint density at radius 1 is 1.00 bits per heavy atom. The topological polar surface area (TPSA) is 64.6 Å². The van der Waals surface area contributed by atoms with Crippen LogP contribution in [0.15, 0.2) is 42.5 Å². The standard InChI is InChI=1S/C21H25NO4/c1-14(2)18-7-5-6-8-19(18)25-13-21(24)26-12-20(23)22-17-10-15(3)9-16(4)11-17/h5-11,14H,12-13H2,1-4H3,(H,22,23). The highest BCUT2D eigenvalue weighted by atomic mass is 16.6. The van der Waals surface area contributed by atoms with E-state index in [0.717, 1.165) is 16.7 Å². The normalized spacial score (nSPS) is 10.5. The van der Waals surface area contributed by atoms with Crippen molar-refractivity contribution in [3.63, 3.8) is 0 Å². The smallest absolute Gasteiger partial charge is 0.344 e. The number of carbonyl (C=O) groups is 2. The lowest BCUT2D eigenvalue weighted by molar-refractivity contribution is -0.149. The van der Waals surface area contributed by atoms with Crippen molar-refractivity contribution in [2.24, 2.45) is 0 Å². The molecule has 2 rings (SSSR count). The lowest BCUT2D eigenvalue weighted by Gasteiger charge is -2.13. The quantitative estimate of drug-likeness (QED) is 0.763. The zero-order chi connectivity index (χ0) is 19.1. The van der Waals surface area contributed by atoms with Gasteiger partial charge in [0.2, 0.25) is 0 Å². The van der Waals surface area contributed by atoms with E-state index >= 15 is 0 Å². The van der Waals surface area contributed by atoms with E-state index in [1.54, 1.807) is 0 Å². The zero-order valence-corrected chi connectivity index (χ0v) is 15.7. The fourth-order valence-electron chi connectivity index (χ4n) is 2.66. The fourth-order valence-corrected chi connectivity index (χ4v) is 2.66. The molecular formula is C21H25NO4. The van der Waals surface area contributed by atoms with Crippen molar-refractivity contribution >= 4 is 17.6 Å². The van der Waals surface area contributed by atoms with Gasteiger partial charge in [0.1, 0.15) is 5.75 Å². The molecule has 1 amide bonds. The number of ether oxygens (including phenoxy) is 2. The SMILES string of the molecule is Cc1cc(C)cc(NC(=O)COC(=O)COc2ccccc2C(C)C)c1. The van der Waals surface area contributed by atoms with E-state index in [-0.39, 0.29) is 25.0 Å². The summed E-state index contributed by atoms with van der Waals surface area (Å²) in [5, 5.41) is 2.72. The van der Waals surface area contributed by atoms with Crippen LogP contribution in [0.25, 0.3) is 0 Å². The highest BCUT2D eigenvalue weighted by Crippen LogP contribution is 2.25. The molecule has 0 bridgehead atoms. The van der Waals surface area contributed by atoms with Gasteiger partial charge in [0, 0.05) is 5.69 Å². The average Bonchev–Trinajstić information content (AvgIpc) is 2.57. The monoisotopic (exact) mass is 355 g/mol. The summed E-state index contributed by atoms with van der Waals surface area (Å²) in [5.41, 5.74) is 3.81. The Bertz CT molecular complexity index is 763. The lowest BCUT2D eigenvalue weighted by Crippen LogP contribution is -2.23. The van der Waals surface area contributed by atoms with Crippen LogP contribution in [0.2, 0.25) is 0 Å². The van der Waals surface area contributed by atoms with E-state index in [4.69, 9.17) is 9.47 Å². The summed E-state index contributed by atoms with van der Waals surface area (Å²) in [5.74, 6) is -0.0324. The molecule has 2 aromatic rings. The van der Waals surface area contributed by atoms with Gasteiger partial charge >= 0.3 is 5.97 Å². The van der Waals surface area contributed by atoms with Gasteiger partial charge in [-0.25, -0.2) is 4.79 Å². The van der Waals surface area contributed by atoms with Crippen LogP contribution in [0.1, 0.15) is 36.5 Å². The van der Waals surface area contributed by atoms with Crippen molar-refractivity contribution in [1.29, 1.82) is 0 Å². The molecule has 0 fully saturated rings. The first kappa shape index (κ1) is 19.5. The van der Waals surface area contributed by atoms with Gasteiger partial charge in [0.25, 0.3) is 5.91 Å². The molecule has 2 aromatic carbocycles. The molecule has 0 saturated heterocycles. The minimum atomic E-state index is -0.584. The van der Waals surface area contributed by atoms with Crippen LogP contribution in [0.5, 0.6) is 5.75 Å². The highest BCUT2D eigenvalue weighted by Gasteiger charge is 2.12. The Morgan fingerprint density at radius 3 is 2.31 bits per heavy atom. The van der Waals surface area contributed by atoms with E-state index < -0.39 is 5.97 Å². The van der Waals surface area contributed by atoms with Gasteiger partial charge in [-0.2, -0.15) is 0 Å². The first-order valence-electron chi connectivity index (χ1n) is 8.60. The summed E-state index contributed by atoms with van der Waals surface area (Å²) in [7, 11) is 0. The number of rotatable bonds is 7. The molecule has 0 atom stereocenters. The number of hydrogen-bond donors (Lipinski definition) is 1. The second kappa shape index (κ2) is 9.04. The molecule has 26 heavy (non-hydrogen) atoms. The average molecular weight is 355 g/mol. The maximum absolute atomic E-state index is 11.9. The first-order chi connectivity index (χ1) is 12.3. The molecule has 0 aromatic heterocycles. The summed E-state index contributed by atoms with van der Waals surface area (Å²) in [4.78, 5) is 23.8. The van der Waals surface area contributed by atoms with E-state index in [9.17, 15) is 9.59 Å². The van der Waals surface area contributed by atoms with E-state index in [0.29, 0.717) is 11.4 Å². The van der Waals surface area contributed by atoms with Gasteiger partial charge in [-0.1, -0.05) is 38.1 Å². The molecule has 0 unspecified atom stereocenters. The van der Waals surface area contributed by atoms with E-state index in [1.807, 2.05) is 56.3 Å². The second-order valence-corrected chi connectivity index (χ2v) is 6.57. The molecule has 0 aliphatic rings. The molecule has 0 aliphatic heterocycles. The summed E-state index contributed by atoms with van der Waals surface area (Å²) in [6.07, 6.45) is 0. The predicted molar refractivity (Wildman–Crippen MR) is 102 cm³/mol. The van der Waals surface area contributed by atoms with Crippen molar-refractivity contribution in [3.05, 3.63) is 59.2 Å². The van der Waals surface area contributed by atoms with Crippen LogP contribution in [0.3, 0.4) is 0 Å². The third kappa shape index (κ3) is 5.92. The fraction of sp³-hybridized carbons (Fsp3) is 0.333.